The lowest BCUT2D eigenvalue weighted by Gasteiger charge is -1.99. The quantitative estimate of drug-likeness (QED) is 0.547. The highest BCUT2D eigenvalue weighted by Gasteiger charge is 1.98. The van der Waals surface area contributed by atoms with Gasteiger partial charge in [-0.1, -0.05) is 78.8 Å². The third-order valence-corrected chi connectivity index (χ3v) is 3.51. The van der Waals surface area contributed by atoms with Crippen LogP contribution in [0.3, 0.4) is 0 Å². The van der Waals surface area contributed by atoms with Gasteiger partial charge in [-0.2, -0.15) is 0 Å². The fourth-order valence-corrected chi connectivity index (χ4v) is 2.22. The molecule has 0 heteroatoms. The molecule has 0 fully saturated rings. The van der Waals surface area contributed by atoms with E-state index in [1.807, 2.05) is 84.9 Å². The van der Waals surface area contributed by atoms with Crippen LogP contribution in [0.25, 0.3) is 6.08 Å². The Labute approximate surface area is 143 Å². The van der Waals surface area contributed by atoms with Gasteiger partial charge < -0.3 is 0 Å². The Morgan fingerprint density at radius 1 is 0.583 bits per heavy atom. The zero-order chi connectivity index (χ0) is 16.6. The predicted octanol–water partition coefficient (Wildman–Crippen LogP) is 5.13. The molecule has 0 spiro atoms. The first-order valence-electron chi connectivity index (χ1n) is 7.76. The summed E-state index contributed by atoms with van der Waals surface area (Å²) >= 11 is 0. The summed E-state index contributed by atoms with van der Waals surface area (Å²) in [5.41, 5.74) is 4.86. The average Bonchev–Trinajstić information content (AvgIpc) is 2.66. The fourth-order valence-electron chi connectivity index (χ4n) is 2.22. The molecule has 24 heavy (non-hydrogen) atoms. The van der Waals surface area contributed by atoms with Crippen molar-refractivity contribution in [1.29, 1.82) is 0 Å². The SMILES string of the molecule is C=Cc1ccc(C#Cc2ccccc2)c(C#Cc2ccccc2)c1. The molecule has 0 aliphatic rings. The fraction of sp³-hybridized carbons (Fsp3) is 0. The van der Waals surface area contributed by atoms with Gasteiger partial charge in [0.2, 0.25) is 0 Å². The van der Waals surface area contributed by atoms with E-state index in [1.54, 1.807) is 0 Å². The van der Waals surface area contributed by atoms with Crippen molar-refractivity contribution in [3.8, 4) is 23.7 Å². The molecule has 0 heterocycles. The maximum atomic E-state index is 3.83. The van der Waals surface area contributed by atoms with Crippen molar-refractivity contribution in [1.82, 2.24) is 0 Å². The van der Waals surface area contributed by atoms with Crippen LogP contribution in [0.2, 0.25) is 0 Å². The van der Waals surface area contributed by atoms with Crippen LogP contribution in [0.1, 0.15) is 27.8 Å². The second-order valence-corrected chi connectivity index (χ2v) is 5.24. The molecule has 3 rings (SSSR count). The van der Waals surface area contributed by atoms with Crippen molar-refractivity contribution >= 4 is 6.08 Å². The van der Waals surface area contributed by atoms with E-state index < -0.39 is 0 Å². The van der Waals surface area contributed by atoms with Crippen molar-refractivity contribution in [2.24, 2.45) is 0 Å². The maximum absolute atomic E-state index is 3.83. The van der Waals surface area contributed by atoms with Crippen molar-refractivity contribution in [2.45, 2.75) is 0 Å². The van der Waals surface area contributed by atoms with E-state index in [0.29, 0.717) is 0 Å². The van der Waals surface area contributed by atoms with Gasteiger partial charge in [0.15, 0.2) is 0 Å². The molecule has 0 N–H and O–H groups in total. The summed E-state index contributed by atoms with van der Waals surface area (Å²) < 4.78 is 0. The zero-order valence-corrected chi connectivity index (χ0v) is 13.3. The van der Waals surface area contributed by atoms with Crippen LogP contribution in [0.15, 0.2) is 85.4 Å². The van der Waals surface area contributed by atoms with Gasteiger partial charge in [0.25, 0.3) is 0 Å². The Hall–Kier alpha value is -3.48. The van der Waals surface area contributed by atoms with Crippen molar-refractivity contribution < 1.29 is 0 Å². The Morgan fingerprint density at radius 2 is 1.12 bits per heavy atom. The van der Waals surface area contributed by atoms with Gasteiger partial charge >= 0.3 is 0 Å². The van der Waals surface area contributed by atoms with E-state index in [9.17, 15) is 0 Å². The van der Waals surface area contributed by atoms with Crippen molar-refractivity contribution in [2.75, 3.05) is 0 Å². The van der Waals surface area contributed by atoms with Crippen LogP contribution in [0, 0.1) is 23.7 Å². The van der Waals surface area contributed by atoms with Gasteiger partial charge in [-0.05, 0) is 42.0 Å². The Kier molecular flexibility index (Phi) is 4.94. The largest absolute Gasteiger partial charge is 0.0985 e. The molecular weight excluding hydrogens is 288 g/mol. The molecule has 0 amide bonds. The van der Waals surface area contributed by atoms with Gasteiger partial charge in [0, 0.05) is 22.3 Å². The van der Waals surface area contributed by atoms with E-state index in [2.05, 4.69) is 30.3 Å². The molecule has 0 saturated heterocycles. The summed E-state index contributed by atoms with van der Waals surface area (Å²) in [5.74, 6) is 12.9. The molecule has 0 unspecified atom stereocenters. The molecule has 0 saturated carbocycles. The van der Waals surface area contributed by atoms with Crippen LogP contribution in [-0.2, 0) is 0 Å². The summed E-state index contributed by atoms with van der Waals surface area (Å²) in [7, 11) is 0. The predicted molar refractivity (Wildman–Crippen MR) is 101 cm³/mol. The van der Waals surface area contributed by atoms with E-state index in [-0.39, 0.29) is 0 Å². The first kappa shape index (κ1) is 15.4. The summed E-state index contributed by atoms with van der Waals surface area (Å²) in [4.78, 5) is 0. The highest BCUT2D eigenvalue weighted by Crippen LogP contribution is 2.12. The third-order valence-electron chi connectivity index (χ3n) is 3.51. The highest BCUT2D eigenvalue weighted by atomic mass is 14.0. The Balaban J connectivity index is 2.00. The molecule has 0 aromatic heterocycles. The molecular formula is C24H16. The molecule has 3 aromatic carbocycles. The number of rotatable bonds is 1. The van der Waals surface area contributed by atoms with E-state index in [0.717, 1.165) is 27.8 Å². The van der Waals surface area contributed by atoms with E-state index >= 15 is 0 Å². The normalized spacial score (nSPS) is 9.17. The Bertz CT molecular complexity index is 957. The number of hydrogen-bond acceptors (Lipinski definition) is 0. The minimum Gasteiger partial charge on any atom is -0.0985 e. The monoisotopic (exact) mass is 304 g/mol. The lowest BCUT2D eigenvalue weighted by molar-refractivity contribution is 1.55. The summed E-state index contributed by atoms with van der Waals surface area (Å²) in [6, 6.07) is 26.0. The van der Waals surface area contributed by atoms with Gasteiger partial charge in [0.05, 0.1) is 0 Å². The van der Waals surface area contributed by atoms with Gasteiger partial charge in [-0.3, -0.25) is 0 Å². The number of hydrogen-bond donors (Lipinski definition) is 0. The van der Waals surface area contributed by atoms with Crippen molar-refractivity contribution in [3.63, 3.8) is 0 Å². The smallest absolute Gasteiger partial charge is 0.0411 e. The summed E-state index contributed by atoms with van der Waals surface area (Å²) in [5, 5.41) is 0. The first-order chi connectivity index (χ1) is 11.8. The summed E-state index contributed by atoms with van der Waals surface area (Å²) in [6.45, 7) is 3.83. The van der Waals surface area contributed by atoms with Crippen LogP contribution in [-0.4, -0.2) is 0 Å². The second kappa shape index (κ2) is 7.68. The summed E-state index contributed by atoms with van der Waals surface area (Å²) in [6.07, 6.45) is 1.82. The lowest BCUT2D eigenvalue weighted by Crippen LogP contribution is -1.86. The van der Waals surface area contributed by atoms with Crippen LogP contribution in [0.5, 0.6) is 0 Å². The zero-order valence-electron chi connectivity index (χ0n) is 13.3. The second-order valence-electron chi connectivity index (χ2n) is 5.24. The molecule has 0 nitrogen and oxygen atoms in total. The van der Waals surface area contributed by atoms with Crippen LogP contribution in [0.4, 0.5) is 0 Å². The molecule has 112 valence electrons. The molecule has 0 radical (unpaired) electrons. The highest BCUT2D eigenvalue weighted by molar-refractivity contribution is 5.60. The van der Waals surface area contributed by atoms with Crippen LogP contribution < -0.4 is 0 Å². The maximum Gasteiger partial charge on any atom is 0.0411 e. The molecule has 0 bridgehead atoms. The number of benzene rings is 3. The minimum absolute atomic E-state index is 0.916. The minimum atomic E-state index is 0.916. The molecule has 3 aromatic rings. The molecule has 0 aliphatic heterocycles. The van der Waals surface area contributed by atoms with E-state index in [4.69, 9.17) is 0 Å². The molecule has 0 aliphatic carbocycles. The van der Waals surface area contributed by atoms with Gasteiger partial charge in [0.1, 0.15) is 0 Å². The van der Waals surface area contributed by atoms with Gasteiger partial charge in [-0.25, -0.2) is 0 Å². The topological polar surface area (TPSA) is 0 Å². The average molecular weight is 304 g/mol. The van der Waals surface area contributed by atoms with E-state index in [1.165, 1.54) is 0 Å². The lowest BCUT2D eigenvalue weighted by atomic mass is 10.0. The molecule has 0 atom stereocenters. The Morgan fingerprint density at radius 3 is 1.67 bits per heavy atom. The third kappa shape index (κ3) is 4.04. The standard InChI is InChI=1S/C24H16/c1-2-20-13-16-23(17-14-21-9-5-3-6-10-21)24(19-20)18-15-22-11-7-4-8-12-22/h2-13,16,19H,1H2. The van der Waals surface area contributed by atoms with Crippen LogP contribution >= 0.6 is 0 Å². The van der Waals surface area contributed by atoms with Gasteiger partial charge in [-0.15, -0.1) is 0 Å². The first-order valence-corrected chi connectivity index (χ1v) is 7.76. The van der Waals surface area contributed by atoms with Crippen molar-refractivity contribution in [3.05, 3.63) is 113 Å².